The molecule has 140 valence electrons. The molecule has 1 aliphatic rings. The molecule has 5 heteroatoms. The summed E-state index contributed by atoms with van der Waals surface area (Å²) in [7, 11) is 0. The van der Waals surface area contributed by atoms with E-state index in [0.29, 0.717) is 12.1 Å². The zero-order valence-electron chi connectivity index (χ0n) is 15.5. The van der Waals surface area contributed by atoms with Crippen LogP contribution < -0.4 is 5.32 Å². The van der Waals surface area contributed by atoms with Gasteiger partial charge in [0, 0.05) is 17.7 Å². The molecule has 0 unspecified atom stereocenters. The molecule has 0 saturated carbocycles. The van der Waals surface area contributed by atoms with Crippen molar-refractivity contribution in [2.24, 2.45) is 0 Å². The first kappa shape index (κ1) is 18.7. The summed E-state index contributed by atoms with van der Waals surface area (Å²) in [5.41, 5.74) is 5.28. The van der Waals surface area contributed by atoms with E-state index in [0.717, 1.165) is 47.1 Å². The van der Waals surface area contributed by atoms with Gasteiger partial charge in [0.25, 0.3) is 0 Å². The standard InChI is InChI=1S/C22H23NO4/c1-3-21(25)23-16-11-14(10-15(12-16)22(26)27)17-5-4-6-18(17)19-9-13(2)7-8-20(19)24/h7-12,24H,3-6H2,1-2H3,(H,23,25)(H,26,27). The number of hydrogen-bond acceptors (Lipinski definition) is 3. The van der Waals surface area contributed by atoms with Gasteiger partial charge in [-0.15, -0.1) is 0 Å². The fourth-order valence-corrected chi connectivity index (χ4v) is 3.50. The molecule has 0 spiro atoms. The minimum absolute atomic E-state index is 0.131. The number of nitrogens with one attached hydrogen (secondary N) is 1. The lowest BCUT2D eigenvalue weighted by atomic mass is 9.94. The number of allylic oxidation sites excluding steroid dienone is 2. The zero-order chi connectivity index (χ0) is 19.6. The van der Waals surface area contributed by atoms with Crippen molar-refractivity contribution in [2.45, 2.75) is 39.5 Å². The number of phenols is 1. The number of carboxylic acids is 1. The van der Waals surface area contributed by atoms with Crippen molar-refractivity contribution in [3.05, 3.63) is 58.7 Å². The highest BCUT2D eigenvalue weighted by Gasteiger charge is 2.21. The van der Waals surface area contributed by atoms with Gasteiger partial charge in [-0.2, -0.15) is 0 Å². The van der Waals surface area contributed by atoms with Gasteiger partial charge in [-0.05, 0) is 73.2 Å². The number of carbonyl (C=O) groups excluding carboxylic acids is 1. The largest absolute Gasteiger partial charge is 0.507 e. The van der Waals surface area contributed by atoms with E-state index in [9.17, 15) is 19.8 Å². The number of aryl methyl sites for hydroxylation is 1. The molecular formula is C22H23NO4. The molecule has 27 heavy (non-hydrogen) atoms. The molecule has 2 aromatic rings. The molecule has 0 bridgehead atoms. The molecule has 1 amide bonds. The molecule has 0 radical (unpaired) electrons. The maximum absolute atomic E-state index is 11.8. The highest BCUT2D eigenvalue weighted by Crippen LogP contribution is 2.43. The second-order valence-corrected chi connectivity index (χ2v) is 6.84. The number of amides is 1. The van der Waals surface area contributed by atoms with Gasteiger partial charge in [0.05, 0.1) is 5.56 Å². The second-order valence-electron chi connectivity index (χ2n) is 6.84. The Bertz CT molecular complexity index is 943. The average molecular weight is 365 g/mol. The SMILES string of the molecule is CCC(=O)Nc1cc(C(=O)O)cc(C2=C(c3cc(C)ccc3O)CCC2)c1. The van der Waals surface area contributed by atoms with E-state index in [1.807, 2.05) is 25.1 Å². The number of benzene rings is 2. The summed E-state index contributed by atoms with van der Waals surface area (Å²) in [6, 6.07) is 10.4. The van der Waals surface area contributed by atoms with Crippen LogP contribution in [0.25, 0.3) is 11.1 Å². The second kappa shape index (κ2) is 7.66. The zero-order valence-corrected chi connectivity index (χ0v) is 15.5. The van der Waals surface area contributed by atoms with Crippen LogP contribution >= 0.6 is 0 Å². The molecule has 0 fully saturated rings. The first-order chi connectivity index (χ1) is 12.9. The van der Waals surface area contributed by atoms with Crippen molar-refractivity contribution in [1.29, 1.82) is 0 Å². The van der Waals surface area contributed by atoms with Crippen LogP contribution in [0.4, 0.5) is 5.69 Å². The van der Waals surface area contributed by atoms with Gasteiger partial charge in [0.2, 0.25) is 5.91 Å². The van der Waals surface area contributed by atoms with Crippen molar-refractivity contribution in [2.75, 3.05) is 5.32 Å². The van der Waals surface area contributed by atoms with Crippen molar-refractivity contribution in [3.8, 4) is 5.75 Å². The highest BCUT2D eigenvalue weighted by molar-refractivity contribution is 5.99. The van der Waals surface area contributed by atoms with Gasteiger partial charge in [-0.3, -0.25) is 4.79 Å². The summed E-state index contributed by atoms with van der Waals surface area (Å²) in [4.78, 5) is 23.3. The third-order valence-electron chi connectivity index (χ3n) is 4.83. The van der Waals surface area contributed by atoms with E-state index >= 15 is 0 Å². The van der Waals surface area contributed by atoms with E-state index in [1.54, 1.807) is 19.1 Å². The smallest absolute Gasteiger partial charge is 0.335 e. The van der Waals surface area contributed by atoms with Crippen LogP contribution in [0.2, 0.25) is 0 Å². The summed E-state index contributed by atoms with van der Waals surface area (Å²) in [5, 5.41) is 22.5. The van der Waals surface area contributed by atoms with Crippen LogP contribution in [0.5, 0.6) is 5.75 Å². The highest BCUT2D eigenvalue weighted by atomic mass is 16.4. The maximum Gasteiger partial charge on any atom is 0.335 e. The molecule has 1 aliphatic carbocycles. The Labute approximate surface area is 158 Å². The van der Waals surface area contributed by atoms with E-state index in [-0.39, 0.29) is 17.2 Å². The molecular weight excluding hydrogens is 342 g/mol. The Kier molecular flexibility index (Phi) is 5.31. The van der Waals surface area contributed by atoms with Crippen LogP contribution in [-0.2, 0) is 4.79 Å². The van der Waals surface area contributed by atoms with Crippen LogP contribution in [0.3, 0.4) is 0 Å². The van der Waals surface area contributed by atoms with Crippen molar-refractivity contribution in [1.82, 2.24) is 0 Å². The molecule has 0 atom stereocenters. The van der Waals surface area contributed by atoms with E-state index in [1.165, 1.54) is 6.07 Å². The van der Waals surface area contributed by atoms with Gasteiger partial charge in [-0.25, -0.2) is 4.79 Å². The summed E-state index contributed by atoms with van der Waals surface area (Å²) in [6.45, 7) is 3.72. The number of carbonyl (C=O) groups is 2. The lowest BCUT2D eigenvalue weighted by Crippen LogP contribution is -2.10. The predicted molar refractivity (Wildman–Crippen MR) is 106 cm³/mol. The van der Waals surface area contributed by atoms with Crippen molar-refractivity contribution >= 4 is 28.7 Å². The van der Waals surface area contributed by atoms with Gasteiger partial charge >= 0.3 is 5.97 Å². The van der Waals surface area contributed by atoms with E-state index in [2.05, 4.69) is 5.32 Å². The number of phenolic OH excluding ortho intramolecular Hbond substituents is 1. The molecule has 2 aromatic carbocycles. The number of aromatic hydroxyl groups is 1. The average Bonchev–Trinajstić information content (AvgIpc) is 3.12. The molecule has 3 rings (SSSR count). The molecule has 0 heterocycles. The number of carboxylic acid groups (broad SMARTS) is 1. The minimum atomic E-state index is -1.04. The molecule has 3 N–H and O–H groups in total. The molecule has 5 nitrogen and oxygen atoms in total. The van der Waals surface area contributed by atoms with Gasteiger partial charge in [0.15, 0.2) is 0 Å². The summed E-state index contributed by atoms with van der Waals surface area (Å²) in [6.07, 6.45) is 2.87. The number of aromatic carboxylic acids is 1. The Morgan fingerprint density at radius 1 is 1.07 bits per heavy atom. The van der Waals surface area contributed by atoms with Crippen LogP contribution in [-0.4, -0.2) is 22.1 Å². The Hall–Kier alpha value is -3.08. The number of rotatable bonds is 5. The fourth-order valence-electron chi connectivity index (χ4n) is 3.50. The Morgan fingerprint density at radius 2 is 1.81 bits per heavy atom. The summed E-state index contributed by atoms with van der Waals surface area (Å²) in [5.74, 6) is -0.980. The predicted octanol–water partition coefficient (Wildman–Crippen LogP) is 4.84. The van der Waals surface area contributed by atoms with Crippen LogP contribution in [0, 0.1) is 6.92 Å². The van der Waals surface area contributed by atoms with Gasteiger partial charge in [-0.1, -0.05) is 18.6 Å². The third kappa shape index (κ3) is 4.03. The van der Waals surface area contributed by atoms with Crippen molar-refractivity contribution < 1.29 is 19.8 Å². The van der Waals surface area contributed by atoms with Gasteiger partial charge in [0.1, 0.15) is 5.75 Å². The van der Waals surface area contributed by atoms with E-state index < -0.39 is 5.97 Å². The van der Waals surface area contributed by atoms with E-state index in [4.69, 9.17) is 0 Å². The first-order valence-corrected chi connectivity index (χ1v) is 9.09. The minimum Gasteiger partial charge on any atom is -0.507 e. The lowest BCUT2D eigenvalue weighted by Gasteiger charge is -2.13. The maximum atomic E-state index is 11.8. The molecule has 0 aromatic heterocycles. The lowest BCUT2D eigenvalue weighted by molar-refractivity contribution is -0.115. The Balaban J connectivity index is 2.14. The monoisotopic (exact) mass is 365 g/mol. The van der Waals surface area contributed by atoms with Gasteiger partial charge < -0.3 is 15.5 Å². The summed E-state index contributed by atoms with van der Waals surface area (Å²) < 4.78 is 0. The number of hydrogen-bond donors (Lipinski definition) is 3. The molecule has 0 aliphatic heterocycles. The normalized spacial score (nSPS) is 13.7. The third-order valence-corrected chi connectivity index (χ3v) is 4.83. The van der Waals surface area contributed by atoms with Crippen LogP contribution in [0.15, 0.2) is 36.4 Å². The topological polar surface area (TPSA) is 86.6 Å². The Morgan fingerprint density at radius 3 is 2.52 bits per heavy atom. The quantitative estimate of drug-likeness (QED) is 0.707. The number of anilines is 1. The summed E-state index contributed by atoms with van der Waals surface area (Å²) >= 11 is 0. The fraction of sp³-hybridized carbons (Fsp3) is 0.273. The molecule has 0 saturated heterocycles. The first-order valence-electron chi connectivity index (χ1n) is 9.09. The van der Waals surface area contributed by atoms with Crippen LogP contribution in [0.1, 0.15) is 59.7 Å². The van der Waals surface area contributed by atoms with Crippen molar-refractivity contribution in [3.63, 3.8) is 0 Å².